The second-order valence-electron chi connectivity index (χ2n) is 5.40. The number of carbonyl (C=O) groups excluding carboxylic acids is 1. The Morgan fingerprint density at radius 3 is 3.00 bits per heavy atom. The van der Waals surface area contributed by atoms with E-state index >= 15 is 0 Å². The summed E-state index contributed by atoms with van der Waals surface area (Å²) >= 11 is 0. The Morgan fingerprint density at radius 2 is 2.30 bits per heavy atom. The van der Waals surface area contributed by atoms with Crippen molar-refractivity contribution in [1.29, 1.82) is 0 Å². The summed E-state index contributed by atoms with van der Waals surface area (Å²) in [7, 11) is 0. The number of ether oxygens (including phenoxy) is 1. The molecule has 0 radical (unpaired) electrons. The number of rotatable bonds is 3. The molecule has 8 nitrogen and oxygen atoms in total. The van der Waals surface area contributed by atoms with Crippen LogP contribution >= 0.6 is 0 Å². The van der Waals surface area contributed by atoms with Crippen LogP contribution in [0.15, 0.2) is 21.5 Å². The quantitative estimate of drug-likeness (QED) is 0.900. The number of amides is 1. The first-order valence-electron chi connectivity index (χ1n) is 7.51. The van der Waals surface area contributed by atoms with Gasteiger partial charge in [0, 0.05) is 18.7 Å². The summed E-state index contributed by atoms with van der Waals surface area (Å²) in [5, 5.41) is 3.84. The number of aromatic nitrogens is 3. The zero-order chi connectivity index (χ0) is 16.4. The maximum Gasteiger partial charge on any atom is 0.292 e. The highest BCUT2D eigenvalue weighted by molar-refractivity contribution is 5.91. The molecule has 0 spiro atoms. The van der Waals surface area contributed by atoms with Crippen molar-refractivity contribution < 1.29 is 14.1 Å². The number of hydrogen-bond donors (Lipinski definition) is 1. The molecule has 2 aromatic heterocycles. The van der Waals surface area contributed by atoms with Gasteiger partial charge in [0.15, 0.2) is 0 Å². The van der Waals surface area contributed by atoms with Crippen LogP contribution in [0.3, 0.4) is 0 Å². The van der Waals surface area contributed by atoms with Crippen LogP contribution in [0, 0.1) is 6.92 Å². The van der Waals surface area contributed by atoms with E-state index in [0.717, 1.165) is 5.69 Å². The lowest BCUT2D eigenvalue weighted by molar-refractivity contribution is -0.0260. The summed E-state index contributed by atoms with van der Waals surface area (Å²) in [5.74, 6) is 0.506. The van der Waals surface area contributed by atoms with Crippen LogP contribution < -0.4 is 5.56 Å². The molecule has 23 heavy (non-hydrogen) atoms. The van der Waals surface area contributed by atoms with Gasteiger partial charge in [-0.2, -0.15) is 0 Å². The third kappa shape index (κ3) is 3.31. The smallest absolute Gasteiger partial charge is 0.292 e. The third-order valence-electron chi connectivity index (χ3n) is 3.70. The molecule has 1 saturated heterocycles. The van der Waals surface area contributed by atoms with E-state index < -0.39 is 6.10 Å². The highest BCUT2D eigenvalue weighted by atomic mass is 16.5. The fraction of sp³-hybridized carbons (Fsp3) is 0.467. The molecular weight excluding hydrogens is 300 g/mol. The maximum absolute atomic E-state index is 12.5. The Hall–Kier alpha value is -2.48. The molecule has 0 aliphatic carbocycles. The van der Waals surface area contributed by atoms with Gasteiger partial charge in [0.05, 0.1) is 24.5 Å². The largest absolute Gasteiger partial charge is 0.368 e. The summed E-state index contributed by atoms with van der Waals surface area (Å²) in [6.07, 6.45) is 0.278. The average Bonchev–Trinajstić information content (AvgIpc) is 3.02. The predicted octanol–water partition coefficient (Wildman–Crippen LogP) is 0.842. The average molecular weight is 318 g/mol. The van der Waals surface area contributed by atoms with Crippen molar-refractivity contribution in [3.8, 4) is 0 Å². The predicted molar refractivity (Wildman–Crippen MR) is 80.1 cm³/mol. The van der Waals surface area contributed by atoms with E-state index in [2.05, 4.69) is 15.1 Å². The number of aromatic amines is 1. The van der Waals surface area contributed by atoms with Gasteiger partial charge in [-0.3, -0.25) is 9.59 Å². The van der Waals surface area contributed by atoms with Gasteiger partial charge in [-0.25, -0.2) is 4.98 Å². The lowest BCUT2D eigenvalue weighted by Gasteiger charge is -2.31. The number of nitrogens with one attached hydrogen (secondary N) is 1. The first-order valence-corrected chi connectivity index (χ1v) is 7.51. The normalized spacial score (nSPS) is 18.2. The molecule has 3 heterocycles. The van der Waals surface area contributed by atoms with Crippen molar-refractivity contribution >= 4 is 5.91 Å². The third-order valence-corrected chi connectivity index (χ3v) is 3.70. The van der Waals surface area contributed by atoms with E-state index in [1.165, 1.54) is 6.07 Å². The SMILES string of the molecule is CCc1cc(C(=O)N2CCO[C@H](c3cc(=O)[nH]c(C)n3)C2)on1. The zero-order valence-electron chi connectivity index (χ0n) is 13.0. The molecule has 1 amide bonds. The Balaban J connectivity index is 1.77. The first kappa shape index (κ1) is 15.4. The van der Waals surface area contributed by atoms with Crippen molar-refractivity contribution in [2.45, 2.75) is 26.4 Å². The number of aryl methyl sites for hydroxylation is 2. The van der Waals surface area contributed by atoms with Crippen molar-refractivity contribution in [2.24, 2.45) is 0 Å². The molecule has 2 aromatic rings. The highest BCUT2D eigenvalue weighted by Gasteiger charge is 2.29. The van der Waals surface area contributed by atoms with Gasteiger partial charge < -0.3 is 19.1 Å². The number of nitrogens with zero attached hydrogens (tertiary/aromatic N) is 3. The fourth-order valence-electron chi connectivity index (χ4n) is 2.52. The number of carbonyl (C=O) groups is 1. The topological polar surface area (TPSA) is 101 Å². The van der Waals surface area contributed by atoms with Gasteiger partial charge in [-0.15, -0.1) is 0 Å². The van der Waals surface area contributed by atoms with Crippen LogP contribution in [0.5, 0.6) is 0 Å². The van der Waals surface area contributed by atoms with Crippen molar-refractivity contribution in [3.05, 3.63) is 45.5 Å². The lowest BCUT2D eigenvalue weighted by Crippen LogP contribution is -2.42. The molecule has 0 unspecified atom stereocenters. The molecular formula is C15H18N4O4. The Morgan fingerprint density at radius 1 is 1.48 bits per heavy atom. The maximum atomic E-state index is 12.5. The van der Waals surface area contributed by atoms with Gasteiger partial charge in [0.2, 0.25) is 5.76 Å². The molecule has 0 bridgehead atoms. The van der Waals surface area contributed by atoms with Gasteiger partial charge in [0.1, 0.15) is 11.9 Å². The van der Waals surface area contributed by atoms with Crippen molar-refractivity contribution in [3.63, 3.8) is 0 Å². The van der Waals surface area contributed by atoms with E-state index in [0.29, 0.717) is 37.6 Å². The summed E-state index contributed by atoms with van der Waals surface area (Å²) in [4.78, 5) is 32.6. The van der Waals surface area contributed by atoms with Crippen molar-refractivity contribution in [2.75, 3.05) is 19.7 Å². The standard InChI is InChI=1S/C15H18N4O4/c1-3-10-6-12(23-18-10)15(21)19-4-5-22-13(8-19)11-7-14(20)17-9(2)16-11/h6-7,13H,3-5,8H2,1-2H3,(H,16,17,20)/t13-/m0/s1. The second-order valence-corrected chi connectivity index (χ2v) is 5.40. The molecule has 1 fully saturated rings. The molecule has 1 N–H and O–H groups in total. The van der Waals surface area contributed by atoms with E-state index in [4.69, 9.17) is 9.26 Å². The van der Waals surface area contributed by atoms with Gasteiger partial charge in [0.25, 0.3) is 11.5 Å². The van der Waals surface area contributed by atoms with Crippen LogP contribution in [-0.4, -0.2) is 45.6 Å². The van der Waals surface area contributed by atoms with Crippen LogP contribution in [0.1, 0.15) is 40.8 Å². The molecule has 1 aliphatic rings. The van der Waals surface area contributed by atoms with Gasteiger partial charge in [-0.1, -0.05) is 12.1 Å². The monoisotopic (exact) mass is 318 g/mol. The zero-order valence-corrected chi connectivity index (χ0v) is 13.0. The molecule has 122 valence electrons. The van der Waals surface area contributed by atoms with Gasteiger partial charge in [-0.05, 0) is 13.3 Å². The molecule has 3 rings (SSSR count). The van der Waals surface area contributed by atoms with Crippen LogP contribution in [-0.2, 0) is 11.2 Å². The fourth-order valence-corrected chi connectivity index (χ4v) is 2.52. The molecule has 8 heteroatoms. The lowest BCUT2D eigenvalue weighted by atomic mass is 10.2. The minimum Gasteiger partial charge on any atom is -0.368 e. The Labute approximate surface area is 132 Å². The molecule has 0 aromatic carbocycles. The van der Waals surface area contributed by atoms with Crippen molar-refractivity contribution in [1.82, 2.24) is 20.0 Å². The highest BCUT2D eigenvalue weighted by Crippen LogP contribution is 2.21. The number of morpholine rings is 1. The minimum atomic E-state index is -0.428. The summed E-state index contributed by atoms with van der Waals surface area (Å²) in [6.45, 7) is 4.80. The summed E-state index contributed by atoms with van der Waals surface area (Å²) in [6, 6.07) is 3.05. The Kier molecular flexibility index (Phi) is 4.24. The van der Waals surface area contributed by atoms with Crippen LogP contribution in [0.2, 0.25) is 0 Å². The number of hydrogen-bond acceptors (Lipinski definition) is 6. The first-order chi connectivity index (χ1) is 11.1. The van der Waals surface area contributed by atoms with E-state index in [1.807, 2.05) is 6.92 Å². The van der Waals surface area contributed by atoms with Gasteiger partial charge >= 0.3 is 0 Å². The van der Waals surface area contributed by atoms with E-state index in [9.17, 15) is 9.59 Å². The number of H-pyrrole nitrogens is 1. The summed E-state index contributed by atoms with van der Waals surface area (Å²) in [5.41, 5.74) is 1.03. The molecule has 0 saturated carbocycles. The van der Waals surface area contributed by atoms with E-state index in [1.54, 1.807) is 17.9 Å². The molecule has 1 aliphatic heterocycles. The minimum absolute atomic E-state index is 0.220. The molecule has 1 atom stereocenters. The van der Waals surface area contributed by atoms with Crippen LogP contribution in [0.4, 0.5) is 0 Å². The Bertz CT molecular complexity index is 767. The second kappa shape index (κ2) is 6.33. The summed E-state index contributed by atoms with van der Waals surface area (Å²) < 4.78 is 10.8. The van der Waals surface area contributed by atoms with Crippen LogP contribution in [0.25, 0.3) is 0 Å². The van der Waals surface area contributed by atoms with E-state index in [-0.39, 0.29) is 17.2 Å².